The zero-order valence-corrected chi connectivity index (χ0v) is 11.3. The van der Waals surface area contributed by atoms with Gasteiger partial charge in [0.15, 0.2) is 0 Å². The third kappa shape index (κ3) is 2.86. The van der Waals surface area contributed by atoms with Gasteiger partial charge in [-0.15, -0.1) is 11.3 Å². The molecule has 16 heavy (non-hydrogen) atoms. The molecule has 1 nitrogen and oxygen atoms in total. The van der Waals surface area contributed by atoms with Gasteiger partial charge in [-0.1, -0.05) is 26.7 Å². The topological polar surface area (TPSA) is 12.0 Å². The highest BCUT2D eigenvalue weighted by Crippen LogP contribution is 2.28. The van der Waals surface area contributed by atoms with Crippen molar-refractivity contribution in [1.82, 2.24) is 5.32 Å². The molecule has 0 aromatic carbocycles. The van der Waals surface area contributed by atoms with E-state index in [2.05, 4.69) is 31.3 Å². The summed E-state index contributed by atoms with van der Waals surface area (Å²) in [7, 11) is 0. The minimum Gasteiger partial charge on any atom is -0.309 e. The van der Waals surface area contributed by atoms with Crippen molar-refractivity contribution in [1.29, 1.82) is 0 Å². The molecule has 1 aromatic rings. The number of hydrogen-bond donors (Lipinski definition) is 1. The van der Waals surface area contributed by atoms with Crippen LogP contribution in [0.2, 0.25) is 0 Å². The summed E-state index contributed by atoms with van der Waals surface area (Å²) in [4.78, 5) is 3.01. The molecule has 0 bridgehead atoms. The lowest BCUT2D eigenvalue weighted by atomic mass is 10.0. The number of rotatable bonds is 5. The van der Waals surface area contributed by atoms with E-state index >= 15 is 0 Å². The average molecular weight is 237 g/mol. The first-order chi connectivity index (χ1) is 7.83. The molecule has 1 aliphatic carbocycles. The smallest absolute Gasteiger partial charge is 0.0302 e. The van der Waals surface area contributed by atoms with E-state index in [0.717, 1.165) is 18.5 Å². The van der Waals surface area contributed by atoms with Crippen LogP contribution in [0.15, 0.2) is 12.1 Å². The molecule has 1 aliphatic rings. The van der Waals surface area contributed by atoms with Gasteiger partial charge in [0.2, 0.25) is 0 Å². The maximum Gasteiger partial charge on any atom is 0.0302 e. The van der Waals surface area contributed by atoms with Crippen LogP contribution in [0, 0.1) is 5.92 Å². The van der Waals surface area contributed by atoms with E-state index in [1.165, 1.54) is 41.9 Å². The summed E-state index contributed by atoms with van der Waals surface area (Å²) in [5.74, 6) is 0.922. The predicted octanol–water partition coefficient (Wildman–Crippen LogP) is 3.98. The Morgan fingerprint density at radius 1 is 1.25 bits per heavy atom. The second-order valence-corrected chi connectivity index (χ2v) is 6.06. The van der Waals surface area contributed by atoms with Gasteiger partial charge in [-0.3, -0.25) is 0 Å². The van der Waals surface area contributed by atoms with Gasteiger partial charge in [0.1, 0.15) is 0 Å². The van der Waals surface area contributed by atoms with Gasteiger partial charge >= 0.3 is 0 Å². The predicted molar refractivity (Wildman–Crippen MR) is 72.0 cm³/mol. The SMILES string of the molecule is CCc1ccc(CNC2CCCC2CC)s1. The second kappa shape index (κ2) is 5.83. The molecule has 1 aromatic heterocycles. The Morgan fingerprint density at radius 2 is 2.06 bits per heavy atom. The molecule has 2 atom stereocenters. The van der Waals surface area contributed by atoms with E-state index in [0.29, 0.717) is 0 Å². The summed E-state index contributed by atoms with van der Waals surface area (Å²) in [6.07, 6.45) is 6.73. The van der Waals surface area contributed by atoms with Crippen LogP contribution in [0.3, 0.4) is 0 Å². The Hall–Kier alpha value is -0.340. The van der Waals surface area contributed by atoms with Crippen LogP contribution in [-0.4, -0.2) is 6.04 Å². The fourth-order valence-corrected chi connectivity index (χ4v) is 3.64. The Bertz CT molecular complexity index is 318. The highest BCUT2D eigenvalue weighted by atomic mass is 32.1. The summed E-state index contributed by atoms with van der Waals surface area (Å²) in [5.41, 5.74) is 0. The Labute approximate surface area is 103 Å². The van der Waals surface area contributed by atoms with Crippen molar-refractivity contribution < 1.29 is 0 Å². The van der Waals surface area contributed by atoms with E-state index in [1.54, 1.807) is 0 Å². The number of hydrogen-bond acceptors (Lipinski definition) is 2. The van der Waals surface area contributed by atoms with Crippen LogP contribution in [0.4, 0.5) is 0 Å². The molecule has 0 radical (unpaired) electrons. The van der Waals surface area contributed by atoms with Gasteiger partial charge in [-0.05, 0) is 37.3 Å². The Balaban J connectivity index is 1.82. The summed E-state index contributed by atoms with van der Waals surface area (Å²) in [5, 5.41) is 3.75. The zero-order valence-electron chi connectivity index (χ0n) is 10.5. The normalized spacial score (nSPS) is 25.1. The molecule has 0 amide bonds. The van der Waals surface area contributed by atoms with Crippen LogP contribution in [0.1, 0.15) is 49.3 Å². The van der Waals surface area contributed by atoms with Crippen LogP contribution in [0.25, 0.3) is 0 Å². The lowest BCUT2D eigenvalue weighted by Gasteiger charge is -2.19. The third-order valence-electron chi connectivity index (χ3n) is 3.79. The highest BCUT2D eigenvalue weighted by Gasteiger charge is 2.24. The molecule has 1 heterocycles. The Morgan fingerprint density at radius 3 is 2.75 bits per heavy atom. The summed E-state index contributed by atoms with van der Waals surface area (Å²) in [6.45, 7) is 5.63. The van der Waals surface area contributed by atoms with E-state index < -0.39 is 0 Å². The van der Waals surface area contributed by atoms with Crippen LogP contribution in [0.5, 0.6) is 0 Å². The molecular formula is C14H23NS. The molecule has 2 unspecified atom stereocenters. The highest BCUT2D eigenvalue weighted by molar-refractivity contribution is 7.11. The minimum atomic E-state index is 0.775. The fourth-order valence-electron chi connectivity index (χ4n) is 2.73. The lowest BCUT2D eigenvalue weighted by Crippen LogP contribution is -2.31. The monoisotopic (exact) mass is 237 g/mol. The van der Waals surface area contributed by atoms with Crippen LogP contribution in [-0.2, 0) is 13.0 Å². The van der Waals surface area contributed by atoms with Crippen molar-refractivity contribution in [2.75, 3.05) is 0 Å². The molecule has 0 aliphatic heterocycles. The summed E-state index contributed by atoms with van der Waals surface area (Å²) < 4.78 is 0. The summed E-state index contributed by atoms with van der Waals surface area (Å²) >= 11 is 1.96. The second-order valence-electron chi connectivity index (χ2n) is 4.81. The largest absolute Gasteiger partial charge is 0.309 e. The van der Waals surface area contributed by atoms with Gasteiger partial charge in [0.05, 0.1) is 0 Å². The molecule has 0 saturated heterocycles. The van der Waals surface area contributed by atoms with Crippen molar-refractivity contribution >= 4 is 11.3 Å². The fraction of sp³-hybridized carbons (Fsp3) is 0.714. The van der Waals surface area contributed by atoms with Gasteiger partial charge in [-0.2, -0.15) is 0 Å². The number of aryl methyl sites for hydroxylation is 1. The number of nitrogens with one attached hydrogen (secondary N) is 1. The van der Waals surface area contributed by atoms with Crippen LogP contribution < -0.4 is 5.32 Å². The Kier molecular flexibility index (Phi) is 4.42. The molecule has 1 fully saturated rings. The molecule has 0 spiro atoms. The van der Waals surface area contributed by atoms with Gasteiger partial charge in [0.25, 0.3) is 0 Å². The first kappa shape index (κ1) is 12.1. The third-order valence-corrected chi connectivity index (χ3v) is 5.02. The average Bonchev–Trinajstić information content (AvgIpc) is 2.94. The van der Waals surface area contributed by atoms with Gasteiger partial charge in [0, 0.05) is 22.3 Å². The van der Waals surface area contributed by atoms with Gasteiger partial charge < -0.3 is 5.32 Å². The number of thiophene rings is 1. The van der Waals surface area contributed by atoms with E-state index in [1.807, 2.05) is 11.3 Å². The van der Waals surface area contributed by atoms with Crippen molar-refractivity contribution in [3.63, 3.8) is 0 Å². The van der Waals surface area contributed by atoms with Crippen LogP contribution >= 0.6 is 11.3 Å². The van der Waals surface area contributed by atoms with Gasteiger partial charge in [-0.25, -0.2) is 0 Å². The maximum atomic E-state index is 3.75. The standard InChI is InChI=1S/C14H23NS/c1-3-11-6-5-7-14(11)15-10-13-9-8-12(4-2)16-13/h8-9,11,14-15H,3-7,10H2,1-2H3. The molecule has 2 rings (SSSR count). The molecular weight excluding hydrogens is 214 g/mol. The van der Waals surface area contributed by atoms with Crippen molar-refractivity contribution in [2.45, 2.75) is 58.5 Å². The maximum absolute atomic E-state index is 3.75. The summed E-state index contributed by atoms with van der Waals surface area (Å²) in [6, 6.07) is 5.33. The molecule has 1 N–H and O–H groups in total. The van der Waals surface area contributed by atoms with E-state index in [-0.39, 0.29) is 0 Å². The van der Waals surface area contributed by atoms with E-state index in [4.69, 9.17) is 0 Å². The first-order valence-electron chi connectivity index (χ1n) is 6.64. The van der Waals surface area contributed by atoms with Crippen molar-refractivity contribution in [2.24, 2.45) is 5.92 Å². The lowest BCUT2D eigenvalue weighted by molar-refractivity contribution is 0.390. The van der Waals surface area contributed by atoms with Crippen molar-refractivity contribution in [3.8, 4) is 0 Å². The molecule has 1 saturated carbocycles. The zero-order chi connectivity index (χ0) is 11.4. The first-order valence-corrected chi connectivity index (χ1v) is 7.46. The van der Waals surface area contributed by atoms with E-state index in [9.17, 15) is 0 Å². The quantitative estimate of drug-likeness (QED) is 0.817. The minimum absolute atomic E-state index is 0.775. The molecule has 2 heteroatoms. The van der Waals surface area contributed by atoms with Crippen molar-refractivity contribution in [3.05, 3.63) is 21.9 Å². The molecule has 90 valence electrons.